The highest BCUT2D eigenvalue weighted by Gasteiger charge is 2.21. The summed E-state index contributed by atoms with van der Waals surface area (Å²) in [7, 11) is 10.9. The van der Waals surface area contributed by atoms with Crippen LogP contribution in [0.15, 0.2) is 144 Å². The van der Waals surface area contributed by atoms with Gasteiger partial charge in [-0.3, -0.25) is 0 Å². The summed E-state index contributed by atoms with van der Waals surface area (Å²) in [5.74, 6) is 1.93. The molecule has 0 atom stereocenters. The second-order valence-electron chi connectivity index (χ2n) is 14.6. The lowest BCUT2D eigenvalue weighted by molar-refractivity contribution is 0.666. The molecular weight excluding hydrogens is 667 g/mol. The van der Waals surface area contributed by atoms with Crippen LogP contribution in [-0.2, 0) is 0 Å². The lowest BCUT2D eigenvalue weighted by atomic mass is 9.60. The minimum atomic E-state index is 0.608. The molecule has 7 aromatic carbocycles. The lowest BCUT2D eigenvalue weighted by Crippen LogP contribution is -2.55. The van der Waals surface area contributed by atoms with Crippen LogP contribution >= 0.6 is 0 Å². The van der Waals surface area contributed by atoms with Crippen LogP contribution in [-0.4, -0.2) is 58.8 Å². The number of rotatable bonds is 5. The number of nitrogens with zero attached hydrogens (tertiary/aromatic N) is 4. The Balaban J connectivity index is 1.18. The lowest BCUT2D eigenvalue weighted by Gasteiger charge is -2.20. The Morgan fingerprint density at radius 1 is 0.400 bits per heavy atom. The van der Waals surface area contributed by atoms with E-state index in [1.54, 1.807) is 0 Å². The Morgan fingerprint density at radius 3 is 1.71 bits per heavy atom. The minimum absolute atomic E-state index is 0.608. The molecule has 10 aromatic rings. The van der Waals surface area contributed by atoms with Crippen molar-refractivity contribution in [1.82, 2.24) is 19.5 Å². The molecular formula is C45H33B5N4O. The molecule has 0 bridgehead atoms. The Kier molecular flexibility index (Phi) is 7.70. The molecule has 0 fully saturated rings. The fraction of sp³-hybridized carbons (Fsp3) is 0. The Bertz CT molecular complexity index is 3130. The molecule has 0 saturated heterocycles. The summed E-state index contributed by atoms with van der Waals surface area (Å²) >= 11 is 0. The van der Waals surface area contributed by atoms with Crippen molar-refractivity contribution in [3.8, 4) is 51.0 Å². The number of hydrogen-bond donors (Lipinski definition) is 0. The van der Waals surface area contributed by atoms with Crippen LogP contribution in [0.1, 0.15) is 0 Å². The summed E-state index contributed by atoms with van der Waals surface area (Å²) in [6.45, 7) is 0. The van der Waals surface area contributed by atoms with Gasteiger partial charge in [0.05, 0.1) is 16.7 Å². The zero-order valence-corrected chi connectivity index (χ0v) is 31.5. The molecule has 0 aliphatic heterocycles. The van der Waals surface area contributed by atoms with Crippen molar-refractivity contribution in [1.29, 1.82) is 0 Å². The van der Waals surface area contributed by atoms with E-state index in [1.807, 2.05) is 18.2 Å². The van der Waals surface area contributed by atoms with Crippen LogP contribution in [0, 0.1) is 0 Å². The Morgan fingerprint density at radius 2 is 0.964 bits per heavy atom. The average molecular weight is 700 g/mol. The number of fused-ring (bicyclic) bond motifs is 6. The van der Waals surface area contributed by atoms with E-state index in [9.17, 15) is 0 Å². The van der Waals surface area contributed by atoms with Gasteiger partial charge in [-0.25, -0.2) is 15.0 Å². The third-order valence-electron chi connectivity index (χ3n) is 11.6. The van der Waals surface area contributed by atoms with E-state index in [1.165, 1.54) is 49.2 Å². The molecule has 10 rings (SSSR count). The number of furan rings is 1. The van der Waals surface area contributed by atoms with Crippen LogP contribution in [0.4, 0.5) is 0 Å². The second-order valence-corrected chi connectivity index (χ2v) is 14.6. The molecule has 254 valence electrons. The van der Waals surface area contributed by atoms with Crippen LogP contribution in [0.3, 0.4) is 0 Å². The summed E-state index contributed by atoms with van der Waals surface area (Å²) in [5.41, 5.74) is 16.3. The van der Waals surface area contributed by atoms with Gasteiger partial charge in [-0.15, -0.1) is 16.4 Å². The first-order chi connectivity index (χ1) is 26.9. The minimum Gasteiger partial charge on any atom is -0.454 e. The molecule has 5 nitrogen and oxygen atoms in total. The molecule has 3 heterocycles. The van der Waals surface area contributed by atoms with Gasteiger partial charge in [0.15, 0.2) is 23.1 Å². The van der Waals surface area contributed by atoms with Gasteiger partial charge in [0.2, 0.25) is 0 Å². The van der Waals surface area contributed by atoms with Crippen LogP contribution in [0.5, 0.6) is 0 Å². The predicted molar refractivity (Wildman–Crippen MR) is 244 cm³/mol. The Labute approximate surface area is 323 Å². The molecule has 0 radical (unpaired) electrons. The van der Waals surface area contributed by atoms with Crippen molar-refractivity contribution in [3.63, 3.8) is 0 Å². The van der Waals surface area contributed by atoms with E-state index in [0.717, 1.165) is 55.3 Å². The van der Waals surface area contributed by atoms with Crippen LogP contribution < -0.4 is 27.3 Å². The number of aromatic nitrogens is 4. The Hall–Kier alpha value is -6.53. The van der Waals surface area contributed by atoms with Gasteiger partial charge in [0, 0.05) is 38.2 Å². The predicted octanol–water partition coefficient (Wildman–Crippen LogP) is 2.83. The van der Waals surface area contributed by atoms with Gasteiger partial charge in [-0.1, -0.05) is 120 Å². The van der Waals surface area contributed by atoms with Crippen LogP contribution in [0.2, 0.25) is 0 Å². The largest absolute Gasteiger partial charge is 0.454 e. The van der Waals surface area contributed by atoms with Crippen LogP contribution in [0.25, 0.3) is 94.7 Å². The van der Waals surface area contributed by atoms with E-state index < -0.39 is 0 Å². The smallest absolute Gasteiger partial charge is 0.164 e. The van der Waals surface area contributed by atoms with E-state index >= 15 is 0 Å². The van der Waals surface area contributed by atoms with Crippen molar-refractivity contribution in [2.45, 2.75) is 0 Å². The first kappa shape index (κ1) is 33.1. The van der Waals surface area contributed by atoms with E-state index in [2.05, 4.69) is 165 Å². The zero-order chi connectivity index (χ0) is 37.4. The SMILES string of the molecule is Bc1c(B)c(B)c(-c2nc(-c3ccccc3)nc(-c3ccc4c(c3)oc3c(-n5c6ccccc6c6ccc(-c7ccccc7)cc65)cccc34)n2)c(B)c1B. The fourth-order valence-electron chi connectivity index (χ4n) is 8.31. The van der Waals surface area contributed by atoms with Crippen molar-refractivity contribution in [2.75, 3.05) is 0 Å². The highest BCUT2D eigenvalue weighted by atomic mass is 16.3. The highest BCUT2D eigenvalue weighted by Crippen LogP contribution is 2.40. The van der Waals surface area contributed by atoms with E-state index in [4.69, 9.17) is 19.4 Å². The molecule has 10 heteroatoms. The molecule has 55 heavy (non-hydrogen) atoms. The maximum absolute atomic E-state index is 6.90. The molecule has 0 saturated carbocycles. The molecule has 3 aromatic heterocycles. The topological polar surface area (TPSA) is 56.7 Å². The van der Waals surface area contributed by atoms with Gasteiger partial charge in [0.25, 0.3) is 0 Å². The standard InChI is InChI=1S/C45H33B5N4O/c46-37-36(38(47)40(49)41(50)39(37)48)45-52-43(25-12-5-2-6-13-25)51-44(53-45)27-19-21-30-31-15-9-17-33(42(31)55-35(30)23-27)54-32-16-8-7-14-28(32)29-20-18-26(22-34(29)54)24-10-3-1-4-11-24/h1-23H,46-50H2. The normalized spacial score (nSPS) is 11.6. The third kappa shape index (κ3) is 5.27. The highest BCUT2D eigenvalue weighted by molar-refractivity contribution is 6.68. The third-order valence-corrected chi connectivity index (χ3v) is 11.6. The van der Waals surface area contributed by atoms with Crippen molar-refractivity contribution in [2.24, 2.45) is 0 Å². The summed E-state index contributed by atoms with van der Waals surface area (Å²) in [6.07, 6.45) is 0. The van der Waals surface area contributed by atoms with Crippen molar-refractivity contribution in [3.05, 3.63) is 140 Å². The summed E-state index contributed by atoms with van der Waals surface area (Å²) in [5, 5.41) is 4.51. The molecule has 0 unspecified atom stereocenters. The van der Waals surface area contributed by atoms with Crippen molar-refractivity contribution < 1.29 is 4.42 Å². The van der Waals surface area contributed by atoms with Gasteiger partial charge >= 0.3 is 0 Å². The first-order valence-electron chi connectivity index (χ1n) is 18.8. The van der Waals surface area contributed by atoms with Gasteiger partial charge in [0.1, 0.15) is 44.8 Å². The summed E-state index contributed by atoms with van der Waals surface area (Å²) < 4.78 is 9.25. The number of para-hydroxylation sites is 2. The fourth-order valence-corrected chi connectivity index (χ4v) is 8.31. The summed E-state index contributed by atoms with van der Waals surface area (Å²) in [6, 6.07) is 48.9. The maximum Gasteiger partial charge on any atom is 0.164 e. The molecule has 0 aliphatic rings. The second kappa shape index (κ2) is 12.8. The number of benzene rings is 7. The molecule has 0 spiro atoms. The molecule has 0 aliphatic carbocycles. The van der Waals surface area contributed by atoms with Gasteiger partial charge in [-0.2, -0.15) is 0 Å². The van der Waals surface area contributed by atoms with Gasteiger partial charge in [-0.05, 0) is 41.5 Å². The number of hydrogen-bond acceptors (Lipinski definition) is 4. The van der Waals surface area contributed by atoms with E-state index in [0.29, 0.717) is 17.5 Å². The van der Waals surface area contributed by atoms with E-state index in [-0.39, 0.29) is 0 Å². The molecule has 0 amide bonds. The monoisotopic (exact) mass is 700 g/mol. The molecule has 0 N–H and O–H groups in total. The average Bonchev–Trinajstić information content (AvgIpc) is 3.78. The van der Waals surface area contributed by atoms with Gasteiger partial charge < -0.3 is 8.98 Å². The van der Waals surface area contributed by atoms with Crippen molar-refractivity contribution >= 4 is 110 Å². The zero-order valence-electron chi connectivity index (χ0n) is 31.5. The first-order valence-corrected chi connectivity index (χ1v) is 18.8. The quantitative estimate of drug-likeness (QED) is 0.260. The maximum atomic E-state index is 6.90. The summed E-state index contributed by atoms with van der Waals surface area (Å²) in [4.78, 5) is 15.4.